The number of amides is 2. The van der Waals surface area contributed by atoms with Gasteiger partial charge in [-0.05, 0) is 59.6 Å². The third-order valence-electron chi connectivity index (χ3n) is 5.69. The number of carbonyl (C=O) groups is 2. The number of aryl methyl sites for hydroxylation is 1. The molecule has 0 saturated carbocycles. The van der Waals surface area contributed by atoms with Crippen LogP contribution in [0.25, 0.3) is 0 Å². The number of hydrogen-bond acceptors (Lipinski definition) is 7. The van der Waals surface area contributed by atoms with E-state index in [4.69, 9.17) is 14.6 Å². The molecule has 0 N–H and O–H groups in total. The van der Waals surface area contributed by atoms with Gasteiger partial charge in [0, 0.05) is 30.5 Å². The molecule has 178 valence electrons. The molecule has 3 heterocycles. The summed E-state index contributed by atoms with van der Waals surface area (Å²) in [6, 6.07) is 12.8. The van der Waals surface area contributed by atoms with Crippen molar-refractivity contribution in [1.82, 2.24) is 9.91 Å². The lowest BCUT2D eigenvalue weighted by Gasteiger charge is -2.27. The minimum absolute atomic E-state index is 0.0869. The predicted molar refractivity (Wildman–Crippen MR) is 135 cm³/mol. The Morgan fingerprint density at radius 1 is 1.12 bits per heavy atom. The van der Waals surface area contributed by atoms with Crippen LogP contribution >= 0.6 is 22.7 Å². The Kier molecular flexibility index (Phi) is 7.77. The summed E-state index contributed by atoms with van der Waals surface area (Å²) in [6.07, 6.45) is 0.651. The first-order valence-electron chi connectivity index (χ1n) is 10.9. The fourth-order valence-corrected chi connectivity index (χ4v) is 5.60. The largest absolute Gasteiger partial charge is 0.497 e. The lowest BCUT2D eigenvalue weighted by molar-refractivity contribution is -0.133. The zero-order valence-corrected chi connectivity index (χ0v) is 21.0. The van der Waals surface area contributed by atoms with Gasteiger partial charge in [-0.3, -0.25) is 9.59 Å². The third kappa shape index (κ3) is 5.22. The molecule has 0 fully saturated rings. The van der Waals surface area contributed by atoms with Gasteiger partial charge < -0.3 is 14.4 Å². The van der Waals surface area contributed by atoms with Gasteiger partial charge in [0.05, 0.1) is 30.3 Å². The second-order valence-corrected chi connectivity index (χ2v) is 9.79. The second-order valence-electron chi connectivity index (χ2n) is 7.90. The molecule has 4 rings (SSSR count). The van der Waals surface area contributed by atoms with E-state index in [0.29, 0.717) is 30.9 Å². The van der Waals surface area contributed by atoms with E-state index in [2.05, 4.69) is 13.0 Å². The van der Waals surface area contributed by atoms with Crippen LogP contribution in [0.1, 0.15) is 38.1 Å². The van der Waals surface area contributed by atoms with Crippen molar-refractivity contribution in [2.45, 2.75) is 19.4 Å². The van der Waals surface area contributed by atoms with Gasteiger partial charge in [-0.15, -0.1) is 22.7 Å². The quantitative estimate of drug-likeness (QED) is 0.433. The van der Waals surface area contributed by atoms with Crippen LogP contribution < -0.4 is 4.74 Å². The average Bonchev–Trinajstić information content (AvgIpc) is 3.61. The normalized spacial score (nSPS) is 15.3. The number of hydrazone groups is 1. The molecule has 2 amide bonds. The number of rotatable bonds is 9. The zero-order valence-electron chi connectivity index (χ0n) is 19.4. The Bertz CT molecular complexity index is 1160. The molecule has 0 unspecified atom stereocenters. The molecule has 0 saturated heterocycles. The van der Waals surface area contributed by atoms with E-state index >= 15 is 0 Å². The number of ether oxygens (including phenoxy) is 2. The Hall–Kier alpha value is -3.01. The summed E-state index contributed by atoms with van der Waals surface area (Å²) in [6.45, 7) is 2.59. The highest BCUT2D eigenvalue weighted by atomic mass is 32.1. The number of hydrogen-bond donors (Lipinski definition) is 0. The van der Waals surface area contributed by atoms with Crippen LogP contribution in [-0.4, -0.2) is 61.4 Å². The second kappa shape index (κ2) is 10.9. The van der Waals surface area contributed by atoms with Crippen molar-refractivity contribution in [3.8, 4) is 5.75 Å². The van der Waals surface area contributed by atoms with Gasteiger partial charge in [0.1, 0.15) is 12.3 Å². The van der Waals surface area contributed by atoms with Crippen LogP contribution in [0.2, 0.25) is 0 Å². The first-order chi connectivity index (χ1) is 16.5. The smallest absolute Gasteiger partial charge is 0.262 e. The summed E-state index contributed by atoms with van der Waals surface area (Å²) in [5, 5.41) is 10.3. The number of carbonyl (C=O) groups excluding carboxylic acids is 2. The SMILES string of the molecule is COCCN(CC(=O)N1N=C(c2cccs2)C[C@@H]1c1sccc1C)C(=O)c1ccc(OC)cc1. The Morgan fingerprint density at radius 3 is 2.53 bits per heavy atom. The fraction of sp³-hybridized carbons (Fsp3) is 0.320. The van der Waals surface area contributed by atoms with E-state index in [1.807, 2.05) is 22.9 Å². The molecule has 1 aromatic carbocycles. The average molecular weight is 498 g/mol. The summed E-state index contributed by atoms with van der Waals surface area (Å²) in [7, 11) is 3.15. The molecule has 3 aromatic rings. The van der Waals surface area contributed by atoms with Gasteiger partial charge in [0.15, 0.2) is 0 Å². The highest BCUT2D eigenvalue weighted by Gasteiger charge is 2.36. The molecule has 0 bridgehead atoms. The molecule has 0 radical (unpaired) electrons. The Balaban J connectivity index is 1.58. The monoisotopic (exact) mass is 497 g/mol. The van der Waals surface area contributed by atoms with E-state index in [1.165, 1.54) is 4.90 Å². The van der Waals surface area contributed by atoms with Crippen LogP contribution in [0.5, 0.6) is 5.75 Å². The molecular formula is C25H27N3O4S2. The van der Waals surface area contributed by atoms with Gasteiger partial charge >= 0.3 is 0 Å². The first-order valence-corrected chi connectivity index (χ1v) is 12.7. The van der Waals surface area contributed by atoms with Crippen molar-refractivity contribution in [2.75, 3.05) is 33.9 Å². The summed E-state index contributed by atoms with van der Waals surface area (Å²) >= 11 is 3.24. The van der Waals surface area contributed by atoms with Crippen molar-refractivity contribution < 1.29 is 19.1 Å². The minimum atomic E-state index is -0.237. The molecule has 2 aromatic heterocycles. The van der Waals surface area contributed by atoms with Crippen LogP contribution in [0.3, 0.4) is 0 Å². The summed E-state index contributed by atoms with van der Waals surface area (Å²) in [5.41, 5.74) is 2.52. The van der Waals surface area contributed by atoms with Crippen molar-refractivity contribution in [3.05, 3.63) is 74.1 Å². The first kappa shape index (κ1) is 24.1. The maximum atomic E-state index is 13.6. The summed E-state index contributed by atoms with van der Waals surface area (Å²) < 4.78 is 10.4. The molecule has 0 aliphatic carbocycles. The Morgan fingerprint density at radius 2 is 1.91 bits per heavy atom. The maximum Gasteiger partial charge on any atom is 0.262 e. The summed E-state index contributed by atoms with van der Waals surface area (Å²) in [4.78, 5) is 30.5. The fourth-order valence-electron chi connectivity index (χ4n) is 3.87. The molecule has 0 spiro atoms. The van der Waals surface area contributed by atoms with Gasteiger partial charge in [0.2, 0.25) is 0 Å². The van der Waals surface area contributed by atoms with Crippen molar-refractivity contribution >= 4 is 40.2 Å². The van der Waals surface area contributed by atoms with Crippen LogP contribution in [0.15, 0.2) is 58.3 Å². The van der Waals surface area contributed by atoms with Crippen molar-refractivity contribution in [1.29, 1.82) is 0 Å². The van der Waals surface area contributed by atoms with E-state index in [9.17, 15) is 9.59 Å². The lowest BCUT2D eigenvalue weighted by atomic mass is 10.1. The maximum absolute atomic E-state index is 13.6. The highest BCUT2D eigenvalue weighted by molar-refractivity contribution is 7.12. The molecule has 1 aliphatic rings. The van der Waals surface area contributed by atoms with Gasteiger partial charge in [-0.1, -0.05) is 6.07 Å². The van der Waals surface area contributed by atoms with E-state index in [-0.39, 0.29) is 24.4 Å². The molecule has 1 aliphatic heterocycles. The summed E-state index contributed by atoms with van der Waals surface area (Å²) in [5.74, 6) is 0.207. The van der Waals surface area contributed by atoms with E-state index in [0.717, 1.165) is 21.0 Å². The number of benzene rings is 1. The van der Waals surface area contributed by atoms with E-state index in [1.54, 1.807) is 66.2 Å². The van der Waals surface area contributed by atoms with Gasteiger partial charge in [0.25, 0.3) is 11.8 Å². The zero-order chi connectivity index (χ0) is 24.1. The number of nitrogens with zero attached hydrogens (tertiary/aromatic N) is 3. The minimum Gasteiger partial charge on any atom is -0.497 e. The molecule has 1 atom stereocenters. The standard InChI is InChI=1S/C25H27N3O4S2/c1-17-10-14-34-24(17)21-15-20(22-5-4-13-33-22)26-28(21)23(29)16-27(11-12-31-2)25(30)18-6-8-19(32-3)9-7-18/h4-10,13-14,21H,11-12,15-16H2,1-3H3/t21-/m1/s1. The molecule has 9 heteroatoms. The van der Waals surface area contributed by atoms with E-state index < -0.39 is 0 Å². The Labute approximate surface area is 207 Å². The van der Waals surface area contributed by atoms with Gasteiger partial charge in [-0.2, -0.15) is 5.10 Å². The molecule has 34 heavy (non-hydrogen) atoms. The topological polar surface area (TPSA) is 71.4 Å². The third-order valence-corrected chi connectivity index (χ3v) is 7.73. The predicted octanol–water partition coefficient (Wildman–Crippen LogP) is 4.59. The van der Waals surface area contributed by atoms with Crippen molar-refractivity contribution in [3.63, 3.8) is 0 Å². The van der Waals surface area contributed by atoms with Crippen LogP contribution in [0, 0.1) is 6.92 Å². The molecular weight excluding hydrogens is 470 g/mol. The number of methoxy groups -OCH3 is 2. The lowest BCUT2D eigenvalue weighted by Crippen LogP contribution is -2.42. The molecule has 7 nitrogen and oxygen atoms in total. The van der Waals surface area contributed by atoms with Crippen LogP contribution in [0.4, 0.5) is 0 Å². The van der Waals surface area contributed by atoms with Crippen molar-refractivity contribution in [2.24, 2.45) is 5.10 Å². The highest BCUT2D eigenvalue weighted by Crippen LogP contribution is 2.38. The van der Waals surface area contributed by atoms with Crippen LogP contribution in [-0.2, 0) is 9.53 Å². The van der Waals surface area contributed by atoms with Gasteiger partial charge in [-0.25, -0.2) is 5.01 Å². The number of thiophene rings is 2.